The highest BCUT2D eigenvalue weighted by Gasteiger charge is 2.18. The first-order valence-electron chi connectivity index (χ1n) is 6.61. The van der Waals surface area contributed by atoms with E-state index in [1.54, 1.807) is 0 Å². The third-order valence-corrected chi connectivity index (χ3v) is 3.75. The van der Waals surface area contributed by atoms with Gasteiger partial charge in [0.05, 0.1) is 11.9 Å². The van der Waals surface area contributed by atoms with Crippen LogP contribution in [0.1, 0.15) is 41.7 Å². The van der Waals surface area contributed by atoms with E-state index >= 15 is 0 Å². The highest BCUT2D eigenvalue weighted by atomic mass is 15.2. The summed E-state index contributed by atoms with van der Waals surface area (Å²) in [7, 11) is 0. The van der Waals surface area contributed by atoms with Gasteiger partial charge in [-0.05, 0) is 30.9 Å². The van der Waals surface area contributed by atoms with Crippen LogP contribution < -0.4 is 5.73 Å². The maximum Gasteiger partial charge on any atom is 0.110 e. The lowest BCUT2D eigenvalue weighted by molar-refractivity contribution is 0.408. The molecule has 18 heavy (non-hydrogen) atoms. The summed E-state index contributed by atoms with van der Waals surface area (Å²) in [6, 6.07) is 8.49. The molecule has 2 N–H and O–H groups in total. The molecule has 0 spiro atoms. The van der Waals surface area contributed by atoms with Crippen LogP contribution in [-0.2, 0) is 12.8 Å². The molecule has 94 valence electrons. The number of fused-ring (bicyclic) bond motifs is 1. The molecule has 1 aromatic carbocycles. The Bertz CT molecular complexity index is 557. The van der Waals surface area contributed by atoms with Crippen molar-refractivity contribution in [2.24, 2.45) is 5.73 Å². The predicted octanol–water partition coefficient (Wildman–Crippen LogP) is 2.58. The molecule has 2 heterocycles. The minimum atomic E-state index is 0.117. The molecular formula is C15H19N3. The van der Waals surface area contributed by atoms with Crippen LogP contribution in [-0.4, -0.2) is 9.55 Å². The van der Waals surface area contributed by atoms with E-state index in [9.17, 15) is 0 Å². The van der Waals surface area contributed by atoms with E-state index in [-0.39, 0.29) is 6.17 Å². The van der Waals surface area contributed by atoms with Crippen molar-refractivity contribution in [3.8, 4) is 0 Å². The minimum absolute atomic E-state index is 0.117. The third kappa shape index (κ3) is 2.06. The number of hydrogen-bond donors (Lipinski definition) is 1. The van der Waals surface area contributed by atoms with Gasteiger partial charge in [-0.1, -0.05) is 24.3 Å². The largest absolute Gasteiger partial charge is 0.319 e. The second-order valence-electron chi connectivity index (χ2n) is 5.12. The Morgan fingerprint density at radius 3 is 3.00 bits per heavy atom. The van der Waals surface area contributed by atoms with Crippen molar-refractivity contribution in [2.45, 2.75) is 38.8 Å². The maximum absolute atomic E-state index is 6.11. The fourth-order valence-electron chi connectivity index (χ4n) is 2.66. The Morgan fingerprint density at radius 1 is 1.39 bits per heavy atom. The van der Waals surface area contributed by atoms with Gasteiger partial charge in [0.2, 0.25) is 0 Å². The predicted molar refractivity (Wildman–Crippen MR) is 72.4 cm³/mol. The van der Waals surface area contributed by atoms with Crippen molar-refractivity contribution in [2.75, 3.05) is 0 Å². The first-order chi connectivity index (χ1) is 8.74. The van der Waals surface area contributed by atoms with Crippen LogP contribution in [0.3, 0.4) is 0 Å². The lowest BCUT2D eigenvalue weighted by Crippen LogP contribution is -2.24. The molecule has 0 bridgehead atoms. The Labute approximate surface area is 108 Å². The molecule has 1 aromatic heterocycles. The molecule has 3 heteroatoms. The molecule has 0 saturated heterocycles. The Balaban J connectivity index is 1.88. The van der Waals surface area contributed by atoms with Crippen LogP contribution in [0.5, 0.6) is 0 Å². The number of aryl methyl sites for hydroxylation is 2. The number of benzene rings is 1. The molecule has 2 aromatic rings. The van der Waals surface area contributed by atoms with E-state index in [0.29, 0.717) is 0 Å². The van der Waals surface area contributed by atoms with Gasteiger partial charge in [-0.25, -0.2) is 4.98 Å². The lowest BCUT2D eigenvalue weighted by atomic mass is 10.0. The fraction of sp³-hybridized carbons (Fsp3) is 0.400. The molecule has 1 unspecified atom stereocenters. The van der Waals surface area contributed by atoms with Crippen molar-refractivity contribution in [1.29, 1.82) is 0 Å². The normalized spacial score (nSPS) is 18.7. The Morgan fingerprint density at radius 2 is 2.22 bits per heavy atom. The molecule has 0 fully saturated rings. The first kappa shape index (κ1) is 11.5. The van der Waals surface area contributed by atoms with E-state index in [2.05, 4.69) is 42.0 Å². The Hall–Kier alpha value is -1.61. The van der Waals surface area contributed by atoms with Crippen LogP contribution >= 0.6 is 0 Å². The van der Waals surface area contributed by atoms with Crippen molar-refractivity contribution >= 4 is 0 Å². The topological polar surface area (TPSA) is 43.8 Å². The zero-order chi connectivity index (χ0) is 12.5. The molecule has 0 saturated carbocycles. The van der Waals surface area contributed by atoms with Crippen molar-refractivity contribution in [3.05, 3.63) is 53.1 Å². The summed E-state index contributed by atoms with van der Waals surface area (Å²) in [5, 5.41) is 0. The summed E-state index contributed by atoms with van der Waals surface area (Å²) < 4.78 is 2.15. The molecule has 3 rings (SSSR count). The average Bonchev–Trinajstić information content (AvgIpc) is 2.76. The summed E-state index contributed by atoms with van der Waals surface area (Å²) in [6.07, 6.45) is 6.42. The van der Waals surface area contributed by atoms with E-state index in [1.807, 2.05) is 0 Å². The van der Waals surface area contributed by atoms with E-state index in [4.69, 9.17) is 10.7 Å². The molecule has 0 amide bonds. The van der Waals surface area contributed by atoms with Crippen molar-refractivity contribution < 1.29 is 0 Å². The molecule has 0 radical (unpaired) electrons. The average molecular weight is 241 g/mol. The molecule has 1 atom stereocenters. The lowest BCUT2D eigenvalue weighted by Gasteiger charge is -2.20. The maximum atomic E-state index is 6.11. The quantitative estimate of drug-likeness (QED) is 0.878. The second-order valence-corrected chi connectivity index (χ2v) is 5.12. The van der Waals surface area contributed by atoms with Crippen molar-refractivity contribution in [3.63, 3.8) is 0 Å². The number of hydrogen-bond acceptors (Lipinski definition) is 2. The zero-order valence-electron chi connectivity index (χ0n) is 10.8. The number of aromatic nitrogens is 2. The van der Waals surface area contributed by atoms with Crippen LogP contribution in [0.4, 0.5) is 0 Å². The van der Waals surface area contributed by atoms with Gasteiger partial charge >= 0.3 is 0 Å². The third-order valence-electron chi connectivity index (χ3n) is 3.75. The fourth-order valence-corrected chi connectivity index (χ4v) is 2.66. The van der Waals surface area contributed by atoms with Gasteiger partial charge in [-0.2, -0.15) is 0 Å². The summed E-state index contributed by atoms with van der Waals surface area (Å²) >= 11 is 0. The number of nitrogens with two attached hydrogens (primary N) is 1. The molecular weight excluding hydrogens is 222 g/mol. The Kier molecular flexibility index (Phi) is 2.92. The molecule has 0 aliphatic carbocycles. The van der Waals surface area contributed by atoms with Crippen LogP contribution in [0.15, 0.2) is 30.5 Å². The van der Waals surface area contributed by atoms with Gasteiger partial charge in [0, 0.05) is 19.0 Å². The van der Waals surface area contributed by atoms with Crippen LogP contribution in [0, 0.1) is 6.92 Å². The number of imidazole rings is 1. The van der Waals surface area contributed by atoms with Gasteiger partial charge in [-0.3, -0.25) is 0 Å². The van der Waals surface area contributed by atoms with Gasteiger partial charge in [0.25, 0.3) is 0 Å². The SMILES string of the molecule is Cc1ccccc1Cc1cn2c(n1)CCCC2N. The smallest absolute Gasteiger partial charge is 0.110 e. The zero-order valence-corrected chi connectivity index (χ0v) is 10.8. The summed E-state index contributed by atoms with van der Waals surface area (Å²) in [6.45, 7) is 2.15. The van der Waals surface area contributed by atoms with Gasteiger partial charge < -0.3 is 10.3 Å². The second kappa shape index (κ2) is 4.58. The highest BCUT2D eigenvalue weighted by Crippen LogP contribution is 2.22. The van der Waals surface area contributed by atoms with E-state index in [0.717, 1.165) is 37.2 Å². The van der Waals surface area contributed by atoms with E-state index in [1.165, 1.54) is 11.1 Å². The monoisotopic (exact) mass is 241 g/mol. The van der Waals surface area contributed by atoms with Crippen molar-refractivity contribution in [1.82, 2.24) is 9.55 Å². The standard InChI is InChI=1S/C15H19N3/c1-11-5-2-3-6-12(11)9-13-10-18-14(16)7-4-8-15(18)17-13/h2-3,5-6,10,14H,4,7-9,16H2,1H3. The van der Waals surface area contributed by atoms with Crippen LogP contribution in [0.2, 0.25) is 0 Å². The minimum Gasteiger partial charge on any atom is -0.319 e. The summed E-state index contributed by atoms with van der Waals surface area (Å²) in [5.74, 6) is 1.15. The highest BCUT2D eigenvalue weighted by molar-refractivity contribution is 5.29. The van der Waals surface area contributed by atoms with Gasteiger partial charge in [-0.15, -0.1) is 0 Å². The summed E-state index contributed by atoms with van der Waals surface area (Å²) in [4.78, 5) is 4.72. The molecule has 1 aliphatic rings. The first-order valence-corrected chi connectivity index (χ1v) is 6.61. The number of rotatable bonds is 2. The van der Waals surface area contributed by atoms with E-state index < -0.39 is 0 Å². The summed E-state index contributed by atoms with van der Waals surface area (Å²) in [5.41, 5.74) is 9.92. The van der Waals surface area contributed by atoms with Gasteiger partial charge in [0.15, 0.2) is 0 Å². The molecule has 1 aliphatic heterocycles. The molecule has 3 nitrogen and oxygen atoms in total. The number of nitrogens with zero attached hydrogens (tertiary/aromatic N) is 2. The van der Waals surface area contributed by atoms with Gasteiger partial charge in [0.1, 0.15) is 5.82 Å². The van der Waals surface area contributed by atoms with Crippen LogP contribution in [0.25, 0.3) is 0 Å².